The number of benzene rings is 2. The number of imidazole rings is 1. The number of Topliss-reactive ketones (excluding diaryl/α,β-unsaturated/α-hetero) is 1. The normalized spacial score (nSPS) is 19.7. The number of piperidine rings is 1. The van der Waals surface area contributed by atoms with Gasteiger partial charge in [-0.3, -0.25) is 14.5 Å². The lowest BCUT2D eigenvalue weighted by atomic mass is 9.98. The molecular formula is C28H28F2N4O3. The molecule has 0 N–H and O–H groups in total. The van der Waals surface area contributed by atoms with Crippen molar-refractivity contribution in [2.24, 2.45) is 0 Å². The number of amides is 1. The number of rotatable bonds is 6. The van der Waals surface area contributed by atoms with Crippen molar-refractivity contribution in [3.63, 3.8) is 0 Å². The van der Waals surface area contributed by atoms with E-state index >= 15 is 0 Å². The number of ether oxygens (including phenoxy) is 1. The number of hydrogen-bond donors (Lipinski definition) is 0. The molecule has 3 heterocycles. The summed E-state index contributed by atoms with van der Waals surface area (Å²) in [5, 5.41) is 0. The Morgan fingerprint density at radius 3 is 2.70 bits per heavy atom. The quantitative estimate of drug-likeness (QED) is 0.474. The lowest BCUT2D eigenvalue weighted by Gasteiger charge is -2.33. The molecule has 37 heavy (non-hydrogen) atoms. The van der Waals surface area contributed by atoms with Gasteiger partial charge in [-0.2, -0.15) is 0 Å². The van der Waals surface area contributed by atoms with Crippen molar-refractivity contribution in [3.8, 4) is 11.4 Å². The van der Waals surface area contributed by atoms with Crippen LogP contribution in [0.3, 0.4) is 0 Å². The van der Waals surface area contributed by atoms with Gasteiger partial charge in [-0.25, -0.2) is 13.8 Å². The van der Waals surface area contributed by atoms with Crippen LogP contribution in [-0.4, -0.2) is 63.8 Å². The third kappa shape index (κ3) is 5.17. The van der Waals surface area contributed by atoms with Crippen LogP contribution < -0.4 is 4.74 Å². The van der Waals surface area contributed by atoms with Gasteiger partial charge in [0.1, 0.15) is 11.8 Å². The van der Waals surface area contributed by atoms with E-state index in [0.717, 1.165) is 35.5 Å². The van der Waals surface area contributed by atoms with Gasteiger partial charge in [0.25, 0.3) is 0 Å². The Kier molecular flexibility index (Phi) is 6.88. The second-order valence-electron chi connectivity index (χ2n) is 9.53. The number of methoxy groups -OCH3 is 1. The van der Waals surface area contributed by atoms with Gasteiger partial charge in [0, 0.05) is 31.4 Å². The first-order valence-corrected chi connectivity index (χ1v) is 12.2. The van der Waals surface area contributed by atoms with E-state index in [-0.39, 0.29) is 18.2 Å². The highest BCUT2D eigenvalue weighted by molar-refractivity contribution is 6.02. The van der Waals surface area contributed by atoms with Crippen LogP contribution in [0.1, 0.15) is 29.7 Å². The minimum atomic E-state index is -0.912. The Bertz CT molecular complexity index is 1380. The Morgan fingerprint density at radius 2 is 1.97 bits per heavy atom. The zero-order valence-electron chi connectivity index (χ0n) is 20.8. The molecule has 1 amide bonds. The molecule has 0 bridgehead atoms. The zero-order valence-corrected chi connectivity index (χ0v) is 20.8. The van der Waals surface area contributed by atoms with Crippen molar-refractivity contribution < 1.29 is 23.1 Å². The maximum atomic E-state index is 13.6. The van der Waals surface area contributed by atoms with Crippen LogP contribution in [0.4, 0.5) is 8.78 Å². The lowest BCUT2D eigenvalue weighted by molar-refractivity contribution is -0.135. The zero-order chi connectivity index (χ0) is 26.1. The van der Waals surface area contributed by atoms with E-state index in [1.165, 1.54) is 6.07 Å². The summed E-state index contributed by atoms with van der Waals surface area (Å²) in [6.07, 6.45) is 6.88. The standard InChI is InChI=1S/C28H28F2N4O3/c1-18-13-33(17-31-18)24-8-6-19(12-27(24)37-2)10-21-4-3-9-34(28(21)36)25-15-32(16-26(25)35)14-20-5-7-22(29)23(30)11-20/h5-8,10-13,17,25H,3-4,9,14-16H2,1-2H3/b21-10+/t25-/m0/s1. The minimum Gasteiger partial charge on any atom is -0.495 e. The number of likely N-dealkylation sites (tertiary alicyclic amines) is 2. The predicted octanol–water partition coefficient (Wildman–Crippen LogP) is 3.93. The smallest absolute Gasteiger partial charge is 0.250 e. The van der Waals surface area contributed by atoms with Crippen molar-refractivity contribution in [1.82, 2.24) is 19.4 Å². The highest BCUT2D eigenvalue weighted by atomic mass is 19.2. The van der Waals surface area contributed by atoms with Gasteiger partial charge in [-0.05, 0) is 61.2 Å². The van der Waals surface area contributed by atoms with Gasteiger partial charge in [0.05, 0.1) is 31.4 Å². The van der Waals surface area contributed by atoms with Crippen LogP contribution in [0.25, 0.3) is 11.8 Å². The van der Waals surface area contributed by atoms with Crippen molar-refractivity contribution in [2.75, 3.05) is 26.7 Å². The average Bonchev–Trinajstić information content (AvgIpc) is 3.47. The monoisotopic (exact) mass is 506 g/mol. The predicted molar refractivity (Wildman–Crippen MR) is 134 cm³/mol. The average molecular weight is 507 g/mol. The fourth-order valence-electron chi connectivity index (χ4n) is 5.04. The first-order chi connectivity index (χ1) is 17.8. The van der Waals surface area contributed by atoms with Crippen LogP contribution >= 0.6 is 0 Å². The molecule has 192 valence electrons. The SMILES string of the molecule is COc1cc(/C=C2\CCCN([C@H]3CN(Cc4ccc(F)c(F)c4)CC3=O)C2=O)ccc1-n1cnc(C)c1. The Morgan fingerprint density at radius 1 is 1.14 bits per heavy atom. The van der Waals surface area contributed by atoms with E-state index in [0.29, 0.717) is 42.9 Å². The summed E-state index contributed by atoms with van der Waals surface area (Å²) in [7, 11) is 1.60. The Labute approximate surface area is 214 Å². The molecule has 1 aromatic heterocycles. The van der Waals surface area contributed by atoms with E-state index in [1.807, 2.05) is 46.9 Å². The third-order valence-corrected chi connectivity index (χ3v) is 6.86. The molecule has 7 nitrogen and oxygen atoms in total. The van der Waals surface area contributed by atoms with Gasteiger partial charge < -0.3 is 14.2 Å². The van der Waals surface area contributed by atoms with Gasteiger partial charge in [0.2, 0.25) is 5.91 Å². The molecule has 0 aliphatic carbocycles. The van der Waals surface area contributed by atoms with E-state index in [1.54, 1.807) is 18.3 Å². The van der Waals surface area contributed by atoms with Crippen LogP contribution in [0, 0.1) is 18.6 Å². The highest BCUT2D eigenvalue weighted by Crippen LogP contribution is 2.29. The van der Waals surface area contributed by atoms with Gasteiger partial charge in [-0.1, -0.05) is 12.1 Å². The fraction of sp³-hybridized carbons (Fsp3) is 0.321. The van der Waals surface area contributed by atoms with Crippen molar-refractivity contribution in [1.29, 1.82) is 0 Å². The lowest BCUT2D eigenvalue weighted by Crippen LogP contribution is -2.48. The highest BCUT2D eigenvalue weighted by Gasteiger charge is 2.39. The summed E-state index contributed by atoms with van der Waals surface area (Å²) in [6, 6.07) is 8.93. The molecular weight excluding hydrogens is 478 g/mol. The summed E-state index contributed by atoms with van der Waals surface area (Å²) in [5.41, 5.74) is 3.80. The first kappa shape index (κ1) is 24.8. The molecule has 2 aromatic carbocycles. The largest absolute Gasteiger partial charge is 0.495 e. The summed E-state index contributed by atoms with van der Waals surface area (Å²) < 4.78 is 34.3. The maximum absolute atomic E-state index is 13.6. The van der Waals surface area contributed by atoms with E-state index in [9.17, 15) is 18.4 Å². The molecule has 0 saturated carbocycles. The topological polar surface area (TPSA) is 67.7 Å². The van der Waals surface area contributed by atoms with Gasteiger partial charge >= 0.3 is 0 Å². The van der Waals surface area contributed by atoms with Crippen LogP contribution in [0.2, 0.25) is 0 Å². The number of nitrogens with zero attached hydrogens (tertiary/aromatic N) is 4. The summed E-state index contributed by atoms with van der Waals surface area (Å²) >= 11 is 0. The van der Waals surface area contributed by atoms with Crippen molar-refractivity contribution >= 4 is 17.8 Å². The summed E-state index contributed by atoms with van der Waals surface area (Å²) in [6.45, 7) is 3.27. The molecule has 9 heteroatoms. The minimum absolute atomic E-state index is 0.0427. The van der Waals surface area contributed by atoms with E-state index < -0.39 is 17.7 Å². The van der Waals surface area contributed by atoms with E-state index in [4.69, 9.17) is 4.74 Å². The molecule has 3 aromatic rings. The van der Waals surface area contributed by atoms with Crippen LogP contribution in [-0.2, 0) is 16.1 Å². The summed E-state index contributed by atoms with van der Waals surface area (Å²) in [5.74, 6) is -1.34. The molecule has 1 atom stereocenters. The van der Waals surface area contributed by atoms with E-state index in [2.05, 4.69) is 4.98 Å². The molecule has 2 saturated heterocycles. The molecule has 2 fully saturated rings. The number of carbonyl (C=O) groups excluding carboxylic acids is 2. The van der Waals surface area contributed by atoms with Crippen LogP contribution in [0.15, 0.2) is 54.5 Å². The molecule has 0 radical (unpaired) electrons. The Balaban J connectivity index is 1.31. The molecule has 5 rings (SSSR count). The molecule has 2 aliphatic rings. The summed E-state index contributed by atoms with van der Waals surface area (Å²) in [4.78, 5) is 34.0. The van der Waals surface area contributed by atoms with Crippen molar-refractivity contribution in [2.45, 2.75) is 32.4 Å². The number of halogens is 2. The number of carbonyl (C=O) groups is 2. The number of ketones is 1. The van der Waals surface area contributed by atoms with Crippen molar-refractivity contribution in [3.05, 3.63) is 83.0 Å². The molecule has 0 spiro atoms. The second kappa shape index (κ2) is 10.3. The second-order valence-corrected chi connectivity index (χ2v) is 9.53. The van der Waals surface area contributed by atoms with Gasteiger partial charge in [0.15, 0.2) is 17.4 Å². The molecule has 0 unspecified atom stereocenters. The maximum Gasteiger partial charge on any atom is 0.250 e. The Hall–Kier alpha value is -3.85. The fourth-order valence-corrected chi connectivity index (χ4v) is 5.04. The van der Waals surface area contributed by atoms with Crippen LogP contribution in [0.5, 0.6) is 5.75 Å². The third-order valence-electron chi connectivity index (χ3n) is 6.86. The first-order valence-electron chi connectivity index (χ1n) is 12.2. The number of hydrogen-bond acceptors (Lipinski definition) is 5. The number of aryl methyl sites for hydroxylation is 1. The number of aromatic nitrogens is 2. The van der Waals surface area contributed by atoms with Gasteiger partial charge in [-0.15, -0.1) is 0 Å². The molecule has 2 aliphatic heterocycles.